The molecular formula is C30H27NO7. The molecule has 0 fully saturated rings. The first kappa shape index (κ1) is 25.1. The van der Waals surface area contributed by atoms with Gasteiger partial charge in [-0.15, -0.1) is 0 Å². The van der Waals surface area contributed by atoms with E-state index in [0.29, 0.717) is 46.7 Å². The van der Waals surface area contributed by atoms with Gasteiger partial charge in [0.25, 0.3) is 0 Å². The standard InChI is InChI=1S/C30H27NO7/c1-17-23-13-21-15-31(25-14-20(28(32)35-3)10-11-22(25)29(33)36-4)16-37-26(21)18(2)27(23)38-30(34)24(17)12-19-8-6-5-7-9-19/h5-11,13-14H,12,15-16H2,1-4H3. The minimum atomic E-state index is -0.528. The van der Waals surface area contributed by atoms with Gasteiger partial charge in [-0.1, -0.05) is 30.3 Å². The summed E-state index contributed by atoms with van der Waals surface area (Å²) in [5.74, 6) is -0.407. The highest BCUT2D eigenvalue weighted by molar-refractivity contribution is 5.99. The molecule has 4 aromatic rings. The second kappa shape index (κ2) is 10.0. The third-order valence-corrected chi connectivity index (χ3v) is 6.95. The van der Waals surface area contributed by atoms with E-state index in [1.807, 2.05) is 55.1 Å². The Morgan fingerprint density at radius 2 is 1.68 bits per heavy atom. The van der Waals surface area contributed by atoms with Gasteiger partial charge in [0, 0.05) is 35.0 Å². The topological polar surface area (TPSA) is 95.3 Å². The number of rotatable bonds is 5. The lowest BCUT2D eigenvalue weighted by atomic mass is 9.96. The molecule has 0 aliphatic carbocycles. The van der Waals surface area contributed by atoms with Crippen molar-refractivity contribution in [3.05, 3.63) is 104 Å². The van der Waals surface area contributed by atoms with Gasteiger partial charge in [-0.3, -0.25) is 0 Å². The van der Waals surface area contributed by atoms with Crippen molar-refractivity contribution in [2.45, 2.75) is 26.8 Å². The number of benzene rings is 3. The zero-order chi connectivity index (χ0) is 27.0. The van der Waals surface area contributed by atoms with Crippen molar-refractivity contribution >= 4 is 28.6 Å². The Bertz CT molecular complexity index is 1620. The number of carbonyl (C=O) groups excluding carboxylic acids is 2. The maximum Gasteiger partial charge on any atom is 0.340 e. The highest BCUT2D eigenvalue weighted by Crippen LogP contribution is 2.38. The van der Waals surface area contributed by atoms with Gasteiger partial charge in [0.15, 0.2) is 6.73 Å². The SMILES string of the molecule is COC(=O)c1ccc(C(=O)OC)c(N2COc3c(cc4c(C)c(Cc5ccccc5)c(=O)oc4c3C)C2)c1. The molecule has 0 unspecified atom stereocenters. The summed E-state index contributed by atoms with van der Waals surface area (Å²) >= 11 is 0. The van der Waals surface area contributed by atoms with Crippen LogP contribution in [0, 0.1) is 13.8 Å². The van der Waals surface area contributed by atoms with Crippen molar-refractivity contribution in [3.63, 3.8) is 0 Å². The molecule has 0 saturated heterocycles. The summed E-state index contributed by atoms with van der Waals surface area (Å²) in [6.45, 7) is 4.31. The van der Waals surface area contributed by atoms with E-state index < -0.39 is 11.9 Å². The van der Waals surface area contributed by atoms with Gasteiger partial charge in [0.2, 0.25) is 0 Å². The summed E-state index contributed by atoms with van der Waals surface area (Å²) in [5.41, 5.74) is 5.32. The number of fused-ring (bicyclic) bond motifs is 2. The van der Waals surface area contributed by atoms with E-state index in [4.69, 9.17) is 18.6 Å². The molecule has 8 nitrogen and oxygen atoms in total. The molecule has 1 aromatic heterocycles. The average molecular weight is 514 g/mol. The molecule has 0 atom stereocenters. The Kier molecular flexibility index (Phi) is 6.63. The Morgan fingerprint density at radius 1 is 0.947 bits per heavy atom. The number of ether oxygens (including phenoxy) is 3. The number of anilines is 1. The van der Waals surface area contributed by atoms with Gasteiger partial charge in [0.1, 0.15) is 11.3 Å². The van der Waals surface area contributed by atoms with Crippen LogP contribution in [-0.4, -0.2) is 32.9 Å². The van der Waals surface area contributed by atoms with Crippen LogP contribution in [0.5, 0.6) is 5.75 Å². The molecule has 8 heteroatoms. The largest absolute Gasteiger partial charge is 0.472 e. The number of hydrogen-bond acceptors (Lipinski definition) is 8. The van der Waals surface area contributed by atoms with Gasteiger partial charge in [-0.05, 0) is 49.2 Å². The van der Waals surface area contributed by atoms with E-state index in [1.165, 1.54) is 20.3 Å². The zero-order valence-corrected chi connectivity index (χ0v) is 21.6. The van der Waals surface area contributed by atoms with Crippen molar-refractivity contribution in [1.29, 1.82) is 0 Å². The van der Waals surface area contributed by atoms with E-state index >= 15 is 0 Å². The number of nitrogens with zero attached hydrogens (tertiary/aromatic N) is 1. The normalized spacial score (nSPS) is 12.6. The summed E-state index contributed by atoms with van der Waals surface area (Å²) < 4.78 is 21.8. The fourth-order valence-corrected chi connectivity index (χ4v) is 4.92. The smallest absolute Gasteiger partial charge is 0.340 e. The Hall–Kier alpha value is -4.59. The highest BCUT2D eigenvalue weighted by Gasteiger charge is 2.27. The molecule has 0 saturated carbocycles. The van der Waals surface area contributed by atoms with Gasteiger partial charge in [0.05, 0.1) is 31.0 Å². The minimum Gasteiger partial charge on any atom is -0.472 e. The molecule has 38 heavy (non-hydrogen) atoms. The molecule has 5 rings (SSSR count). The molecular weight excluding hydrogens is 486 g/mol. The summed E-state index contributed by atoms with van der Waals surface area (Å²) in [6.07, 6.45) is 0.465. The van der Waals surface area contributed by atoms with Crippen LogP contribution in [0.4, 0.5) is 5.69 Å². The van der Waals surface area contributed by atoms with E-state index in [0.717, 1.165) is 27.6 Å². The Balaban J connectivity index is 1.59. The molecule has 0 radical (unpaired) electrons. The molecule has 1 aliphatic rings. The van der Waals surface area contributed by atoms with Gasteiger partial charge < -0.3 is 23.5 Å². The Morgan fingerprint density at radius 3 is 2.39 bits per heavy atom. The maximum atomic E-state index is 13.0. The van der Waals surface area contributed by atoms with Crippen molar-refractivity contribution in [2.24, 2.45) is 0 Å². The molecule has 0 amide bonds. The molecule has 194 valence electrons. The minimum absolute atomic E-state index is 0.114. The summed E-state index contributed by atoms with van der Waals surface area (Å²) in [7, 11) is 2.61. The van der Waals surface area contributed by atoms with Crippen LogP contribution >= 0.6 is 0 Å². The first-order valence-corrected chi connectivity index (χ1v) is 12.1. The predicted octanol–water partition coefficient (Wildman–Crippen LogP) is 4.93. The van der Waals surface area contributed by atoms with Crippen LogP contribution in [-0.2, 0) is 22.4 Å². The van der Waals surface area contributed by atoms with Crippen molar-refractivity contribution in [3.8, 4) is 5.75 Å². The van der Waals surface area contributed by atoms with Crippen molar-refractivity contribution < 1.29 is 28.2 Å². The molecule has 2 heterocycles. The van der Waals surface area contributed by atoms with E-state index in [9.17, 15) is 14.4 Å². The zero-order valence-electron chi connectivity index (χ0n) is 21.6. The number of aryl methyl sites for hydroxylation is 2. The molecule has 0 N–H and O–H groups in total. The van der Waals surface area contributed by atoms with Crippen LogP contribution in [0.2, 0.25) is 0 Å². The third-order valence-electron chi connectivity index (χ3n) is 6.95. The molecule has 0 spiro atoms. The van der Waals surface area contributed by atoms with Crippen LogP contribution in [0.3, 0.4) is 0 Å². The quantitative estimate of drug-likeness (QED) is 0.274. The predicted molar refractivity (Wildman–Crippen MR) is 142 cm³/mol. The van der Waals surface area contributed by atoms with E-state index in [2.05, 4.69) is 0 Å². The van der Waals surface area contributed by atoms with E-state index in [1.54, 1.807) is 12.1 Å². The number of methoxy groups -OCH3 is 2. The average Bonchev–Trinajstić information content (AvgIpc) is 2.95. The maximum absolute atomic E-state index is 13.0. The fourth-order valence-electron chi connectivity index (χ4n) is 4.92. The summed E-state index contributed by atoms with van der Waals surface area (Å²) in [6, 6.07) is 16.4. The van der Waals surface area contributed by atoms with Crippen molar-refractivity contribution in [2.75, 3.05) is 25.9 Å². The first-order chi connectivity index (χ1) is 18.3. The number of esters is 2. The van der Waals surface area contributed by atoms with E-state index in [-0.39, 0.29) is 12.4 Å². The third kappa shape index (κ3) is 4.38. The lowest BCUT2D eigenvalue weighted by Crippen LogP contribution is -2.33. The monoisotopic (exact) mass is 513 g/mol. The van der Waals surface area contributed by atoms with Crippen LogP contribution in [0.25, 0.3) is 11.0 Å². The van der Waals surface area contributed by atoms with Crippen LogP contribution < -0.4 is 15.3 Å². The van der Waals surface area contributed by atoms with Gasteiger partial charge in [-0.25, -0.2) is 14.4 Å². The number of carbonyl (C=O) groups is 2. The lowest BCUT2D eigenvalue weighted by molar-refractivity contribution is 0.0587. The van der Waals surface area contributed by atoms with Crippen LogP contribution in [0.15, 0.2) is 63.8 Å². The van der Waals surface area contributed by atoms with Gasteiger partial charge >= 0.3 is 17.6 Å². The van der Waals surface area contributed by atoms with Crippen LogP contribution in [0.1, 0.15) is 48.5 Å². The van der Waals surface area contributed by atoms with Crippen molar-refractivity contribution in [1.82, 2.24) is 0 Å². The first-order valence-electron chi connectivity index (χ1n) is 12.1. The fraction of sp³-hybridized carbons (Fsp3) is 0.233. The molecule has 3 aromatic carbocycles. The van der Waals surface area contributed by atoms with Gasteiger partial charge in [-0.2, -0.15) is 0 Å². The number of hydrogen-bond donors (Lipinski definition) is 0. The summed E-state index contributed by atoms with van der Waals surface area (Å²) in [4.78, 5) is 39.5. The molecule has 1 aliphatic heterocycles. The molecule has 0 bridgehead atoms. The Labute approximate surface area is 219 Å². The second-order valence-electron chi connectivity index (χ2n) is 9.21. The summed E-state index contributed by atoms with van der Waals surface area (Å²) in [5, 5.41) is 0.828. The highest BCUT2D eigenvalue weighted by atomic mass is 16.5. The second-order valence-corrected chi connectivity index (χ2v) is 9.21. The lowest BCUT2D eigenvalue weighted by Gasteiger charge is -2.33.